The lowest BCUT2D eigenvalue weighted by molar-refractivity contribution is 0.313. The van der Waals surface area contributed by atoms with Crippen molar-refractivity contribution in [1.82, 2.24) is 19.9 Å². The first-order valence-corrected chi connectivity index (χ1v) is 7.66. The van der Waals surface area contributed by atoms with Gasteiger partial charge in [0.05, 0.1) is 12.2 Å². The predicted octanol–water partition coefficient (Wildman–Crippen LogP) is 2.42. The monoisotopic (exact) mass is 293 g/mol. The number of hydrogen-bond acceptors (Lipinski definition) is 4. The smallest absolute Gasteiger partial charge is 0.190 e. The molecule has 5 nitrogen and oxygen atoms in total. The van der Waals surface area contributed by atoms with Crippen molar-refractivity contribution in [2.24, 2.45) is 0 Å². The molecule has 1 fully saturated rings. The van der Waals surface area contributed by atoms with Crippen LogP contribution in [0.1, 0.15) is 29.8 Å². The Morgan fingerprint density at radius 1 is 1.09 bits per heavy atom. The van der Waals surface area contributed by atoms with E-state index >= 15 is 0 Å². The van der Waals surface area contributed by atoms with Crippen molar-refractivity contribution >= 4 is 12.2 Å². The molecule has 2 heterocycles. The van der Waals surface area contributed by atoms with Gasteiger partial charge in [0, 0.05) is 6.54 Å². The van der Waals surface area contributed by atoms with Gasteiger partial charge in [0.2, 0.25) is 0 Å². The van der Waals surface area contributed by atoms with E-state index in [4.69, 9.17) is 0 Å². The Balaban J connectivity index is 1.75. The van der Waals surface area contributed by atoms with Crippen LogP contribution in [0.15, 0.2) is 30.3 Å². The molecule has 0 amide bonds. The fourth-order valence-electron chi connectivity index (χ4n) is 2.71. The highest BCUT2D eigenvalue weighted by Crippen LogP contribution is 2.12. The fourth-order valence-corrected chi connectivity index (χ4v) is 2.71. The molecule has 0 radical (unpaired) electrons. The lowest BCUT2D eigenvalue weighted by atomic mass is 10.2. The van der Waals surface area contributed by atoms with Gasteiger partial charge in [-0.1, -0.05) is 41.6 Å². The second kappa shape index (κ2) is 7.01. The number of likely N-dealkylation sites (tertiary alicyclic amines) is 1. The van der Waals surface area contributed by atoms with Crippen LogP contribution in [0.5, 0.6) is 0 Å². The number of nitriles is 1. The molecule has 5 heteroatoms. The summed E-state index contributed by atoms with van der Waals surface area (Å²) in [6.07, 6.45) is 6.48. The Bertz CT molecular complexity index is 675. The van der Waals surface area contributed by atoms with E-state index in [1.165, 1.54) is 12.8 Å². The second-order valence-corrected chi connectivity index (χ2v) is 5.45. The maximum atomic E-state index is 9.20. The molecule has 0 bridgehead atoms. The average Bonchev–Trinajstić information content (AvgIpc) is 3.21. The summed E-state index contributed by atoms with van der Waals surface area (Å²) in [4.78, 5) is 2.43. The SMILES string of the molecule is N#Cc1nnn(CCN2CCCC2)c1/C=C/c1ccccc1. The first-order valence-electron chi connectivity index (χ1n) is 7.66. The average molecular weight is 293 g/mol. The first kappa shape index (κ1) is 14.5. The molecule has 0 atom stereocenters. The molecule has 0 spiro atoms. The third kappa shape index (κ3) is 3.41. The largest absolute Gasteiger partial charge is 0.301 e. The number of hydrogen-bond donors (Lipinski definition) is 0. The minimum Gasteiger partial charge on any atom is -0.301 e. The quantitative estimate of drug-likeness (QED) is 0.849. The van der Waals surface area contributed by atoms with Crippen LogP contribution < -0.4 is 0 Å². The summed E-state index contributed by atoms with van der Waals surface area (Å²) in [5.41, 5.74) is 2.26. The van der Waals surface area contributed by atoms with Crippen molar-refractivity contribution in [3.63, 3.8) is 0 Å². The molecule has 0 aliphatic carbocycles. The molecule has 0 saturated carbocycles. The van der Waals surface area contributed by atoms with E-state index < -0.39 is 0 Å². The zero-order valence-electron chi connectivity index (χ0n) is 12.5. The van der Waals surface area contributed by atoms with Crippen molar-refractivity contribution in [1.29, 1.82) is 5.26 Å². The molecule has 2 aromatic rings. The number of rotatable bonds is 5. The van der Waals surface area contributed by atoms with Gasteiger partial charge in [-0.3, -0.25) is 0 Å². The van der Waals surface area contributed by atoms with Crippen LogP contribution in [0.4, 0.5) is 0 Å². The topological polar surface area (TPSA) is 57.7 Å². The van der Waals surface area contributed by atoms with Gasteiger partial charge >= 0.3 is 0 Å². The van der Waals surface area contributed by atoms with Crippen molar-refractivity contribution < 1.29 is 0 Å². The summed E-state index contributed by atoms with van der Waals surface area (Å²) in [7, 11) is 0. The predicted molar refractivity (Wildman–Crippen MR) is 85.8 cm³/mol. The summed E-state index contributed by atoms with van der Waals surface area (Å²) >= 11 is 0. The molecule has 112 valence electrons. The van der Waals surface area contributed by atoms with E-state index in [9.17, 15) is 5.26 Å². The van der Waals surface area contributed by atoms with Gasteiger partial charge in [-0.25, -0.2) is 4.68 Å². The molecule has 1 aromatic heterocycles. The van der Waals surface area contributed by atoms with E-state index in [0.29, 0.717) is 5.69 Å². The lowest BCUT2D eigenvalue weighted by Crippen LogP contribution is -2.24. The Labute approximate surface area is 130 Å². The van der Waals surface area contributed by atoms with Crippen LogP contribution in [0.25, 0.3) is 12.2 Å². The van der Waals surface area contributed by atoms with Gasteiger partial charge in [-0.2, -0.15) is 5.26 Å². The third-order valence-corrected chi connectivity index (χ3v) is 3.94. The van der Waals surface area contributed by atoms with Crippen LogP contribution in [-0.2, 0) is 6.54 Å². The molecule has 22 heavy (non-hydrogen) atoms. The summed E-state index contributed by atoms with van der Waals surface area (Å²) < 4.78 is 1.83. The normalized spacial score (nSPS) is 15.4. The zero-order valence-corrected chi connectivity index (χ0v) is 12.5. The number of benzene rings is 1. The maximum absolute atomic E-state index is 9.20. The van der Waals surface area contributed by atoms with Gasteiger partial charge in [0.1, 0.15) is 6.07 Å². The van der Waals surface area contributed by atoms with Gasteiger partial charge in [0.25, 0.3) is 0 Å². The summed E-state index contributed by atoms with van der Waals surface area (Å²) in [6.45, 7) is 4.05. The van der Waals surface area contributed by atoms with Gasteiger partial charge in [-0.15, -0.1) is 5.10 Å². The third-order valence-electron chi connectivity index (χ3n) is 3.94. The van der Waals surface area contributed by atoms with Crippen LogP contribution in [-0.4, -0.2) is 39.5 Å². The molecular weight excluding hydrogens is 274 g/mol. The summed E-state index contributed by atoms with van der Waals surface area (Å²) in [5.74, 6) is 0. The first-order chi connectivity index (χ1) is 10.9. The molecule has 1 aliphatic heterocycles. The number of nitrogens with zero attached hydrogens (tertiary/aromatic N) is 5. The van der Waals surface area contributed by atoms with Crippen LogP contribution in [0.2, 0.25) is 0 Å². The van der Waals surface area contributed by atoms with Crippen molar-refractivity contribution in [3.05, 3.63) is 47.3 Å². The van der Waals surface area contributed by atoms with Crippen LogP contribution in [0.3, 0.4) is 0 Å². The van der Waals surface area contributed by atoms with Gasteiger partial charge in [0.15, 0.2) is 5.69 Å². The highest BCUT2D eigenvalue weighted by atomic mass is 15.4. The molecule has 0 N–H and O–H groups in total. The Hall–Kier alpha value is -2.45. The molecule has 1 aliphatic rings. The van der Waals surface area contributed by atoms with Crippen LogP contribution in [0, 0.1) is 11.3 Å². The molecule has 0 unspecified atom stereocenters. The van der Waals surface area contributed by atoms with E-state index in [2.05, 4.69) is 21.3 Å². The standard InChI is InChI=1S/C17H19N5/c18-14-16-17(9-8-15-6-2-1-3-7-15)22(20-19-16)13-12-21-10-4-5-11-21/h1-3,6-9H,4-5,10-13H2/b9-8+. The highest BCUT2D eigenvalue weighted by molar-refractivity contribution is 5.69. The molecule has 1 saturated heterocycles. The minimum atomic E-state index is 0.383. The molecular formula is C17H19N5. The maximum Gasteiger partial charge on any atom is 0.190 e. The number of aromatic nitrogens is 3. The second-order valence-electron chi connectivity index (χ2n) is 5.45. The molecule has 3 rings (SSSR count). The Kier molecular flexibility index (Phi) is 4.62. The van der Waals surface area contributed by atoms with E-state index in [1.807, 2.05) is 47.2 Å². The Morgan fingerprint density at radius 3 is 2.59 bits per heavy atom. The zero-order chi connectivity index (χ0) is 15.2. The minimum absolute atomic E-state index is 0.383. The van der Waals surface area contributed by atoms with Gasteiger partial charge < -0.3 is 4.90 Å². The molecule has 1 aromatic carbocycles. The van der Waals surface area contributed by atoms with E-state index in [0.717, 1.165) is 37.4 Å². The van der Waals surface area contributed by atoms with E-state index in [-0.39, 0.29) is 0 Å². The van der Waals surface area contributed by atoms with Crippen molar-refractivity contribution in [2.75, 3.05) is 19.6 Å². The van der Waals surface area contributed by atoms with Gasteiger partial charge in [-0.05, 0) is 37.6 Å². The van der Waals surface area contributed by atoms with Crippen LogP contribution >= 0.6 is 0 Å². The van der Waals surface area contributed by atoms with Crippen molar-refractivity contribution in [2.45, 2.75) is 19.4 Å². The lowest BCUT2D eigenvalue weighted by Gasteiger charge is -2.14. The Morgan fingerprint density at radius 2 is 1.86 bits per heavy atom. The highest BCUT2D eigenvalue weighted by Gasteiger charge is 2.14. The van der Waals surface area contributed by atoms with Crippen molar-refractivity contribution in [3.8, 4) is 6.07 Å². The fraction of sp³-hybridized carbons (Fsp3) is 0.353. The summed E-state index contributed by atoms with van der Waals surface area (Å²) in [5, 5.41) is 17.3. The summed E-state index contributed by atoms with van der Waals surface area (Å²) in [6, 6.07) is 12.2. The van der Waals surface area contributed by atoms with E-state index in [1.54, 1.807) is 0 Å².